The molecular formula is C31H40N7O2Y6-3. The molecule has 4 heterocycles. The molecule has 0 saturated carbocycles. The molecule has 0 N–H and O–H groups in total. The third-order valence-corrected chi connectivity index (χ3v) is 7.58. The van der Waals surface area contributed by atoms with E-state index in [0.717, 1.165) is 63.6 Å². The van der Waals surface area contributed by atoms with Crippen molar-refractivity contribution >= 4 is 22.1 Å². The molecular weight excluding hydrogens is 1040 g/mol. The number of nitrogens with zero attached hydrogens (tertiary/aromatic N) is 7. The molecule has 6 radical (unpaired) electrons. The molecule has 1 aromatic carbocycles. The summed E-state index contributed by atoms with van der Waals surface area (Å²) in [6.45, 7) is 14.1. The predicted octanol–water partition coefficient (Wildman–Crippen LogP) is 3.91. The zero-order valence-electron chi connectivity index (χ0n) is 27.4. The second-order valence-electron chi connectivity index (χ2n) is 11.8. The molecule has 4 aromatic rings. The molecule has 1 saturated heterocycles. The topological polar surface area (TPSA) is 73.9 Å². The van der Waals surface area contributed by atoms with Crippen molar-refractivity contribution in [3.05, 3.63) is 85.2 Å². The van der Waals surface area contributed by atoms with Gasteiger partial charge in [0.05, 0.1) is 16.5 Å². The minimum absolute atomic E-state index is 0. The maximum atomic E-state index is 13.3. The summed E-state index contributed by atoms with van der Waals surface area (Å²) in [6, 6.07) is 11.4. The van der Waals surface area contributed by atoms with Crippen molar-refractivity contribution in [1.82, 2.24) is 34.4 Å². The number of aromatic nitrogens is 3. The molecule has 0 atom stereocenters. The first-order chi connectivity index (χ1) is 19.1. The molecule has 15 heteroatoms. The fourth-order valence-corrected chi connectivity index (χ4v) is 4.86. The smallest absolute Gasteiger partial charge is 0.232 e. The van der Waals surface area contributed by atoms with Gasteiger partial charge in [-0.25, -0.2) is 4.68 Å². The Morgan fingerprint density at radius 3 is 1.83 bits per heavy atom. The fourth-order valence-electron chi connectivity index (χ4n) is 4.86. The third-order valence-electron chi connectivity index (χ3n) is 7.58. The van der Waals surface area contributed by atoms with Gasteiger partial charge in [0.1, 0.15) is 5.58 Å². The van der Waals surface area contributed by atoms with E-state index in [0.29, 0.717) is 34.4 Å². The number of hydrogen-bond acceptors (Lipinski definition) is 8. The van der Waals surface area contributed by atoms with Gasteiger partial charge in [0.25, 0.3) is 0 Å². The molecule has 232 valence electrons. The summed E-state index contributed by atoms with van der Waals surface area (Å²) in [5.41, 5.74) is 2.75. The van der Waals surface area contributed by atoms with Gasteiger partial charge >= 0.3 is 0 Å². The van der Waals surface area contributed by atoms with Gasteiger partial charge in [0.2, 0.25) is 11.1 Å². The maximum Gasteiger partial charge on any atom is 0.232 e. The van der Waals surface area contributed by atoms with Crippen LogP contribution in [0.5, 0.6) is 0 Å². The van der Waals surface area contributed by atoms with Gasteiger partial charge in [-0.3, -0.25) is 30.8 Å². The molecule has 1 aliphatic heterocycles. The van der Waals surface area contributed by atoms with Crippen LogP contribution in [-0.2, 0) is 208 Å². The van der Waals surface area contributed by atoms with E-state index in [2.05, 4.69) is 66.5 Å². The van der Waals surface area contributed by atoms with Gasteiger partial charge in [0, 0.05) is 222 Å². The van der Waals surface area contributed by atoms with Crippen LogP contribution in [0.25, 0.3) is 27.9 Å². The van der Waals surface area contributed by atoms with Crippen LogP contribution in [0.4, 0.5) is 0 Å². The van der Waals surface area contributed by atoms with E-state index in [9.17, 15) is 4.79 Å². The van der Waals surface area contributed by atoms with Gasteiger partial charge in [-0.05, 0) is 80.6 Å². The minimum Gasteiger partial charge on any atom is -0.457 e. The Balaban J connectivity index is 0. The largest absolute Gasteiger partial charge is 0.457 e. The first-order valence-electron chi connectivity index (χ1n) is 13.9. The molecule has 3 aromatic heterocycles. The van der Waals surface area contributed by atoms with Crippen molar-refractivity contribution in [2.45, 2.75) is 32.7 Å². The van der Waals surface area contributed by atoms with Gasteiger partial charge in [-0.2, -0.15) is 10.1 Å². The quantitative estimate of drug-likeness (QED) is 0.227. The molecule has 0 spiro atoms. The summed E-state index contributed by atoms with van der Waals surface area (Å²) in [7, 11) is 12.5. The fraction of sp³-hybridized carbons (Fsp3) is 0.419. The third kappa shape index (κ3) is 14.4. The minimum atomic E-state index is -0.0697. The number of benzene rings is 1. The normalized spacial score (nSPS) is 15.9. The van der Waals surface area contributed by atoms with Crippen LogP contribution in [0.15, 0.2) is 51.8 Å². The second-order valence-corrected chi connectivity index (χ2v) is 11.8. The molecule has 0 aliphatic carbocycles. The van der Waals surface area contributed by atoms with Gasteiger partial charge in [0.15, 0.2) is 5.82 Å². The van der Waals surface area contributed by atoms with Crippen LogP contribution in [-0.4, -0.2) is 86.7 Å². The Hall–Kier alpha value is 3.51. The Bertz CT molecular complexity index is 1530. The van der Waals surface area contributed by atoms with Crippen molar-refractivity contribution in [1.29, 1.82) is 0 Å². The Labute approximate surface area is 425 Å². The monoisotopic (exact) mass is 1080 g/mol. The Morgan fingerprint density at radius 2 is 1.28 bits per heavy atom. The number of rotatable bonds is 3. The van der Waals surface area contributed by atoms with Crippen molar-refractivity contribution in [2.75, 3.05) is 52.4 Å². The standard InChI is InChI=1S/C31H40N7O2.6Y/c1-31(2,3)23-7-9-27-26(21-23)29(39)25-8-10-28(32-30(25)40-27)38-12-11-24(33-38)22-37-19-17-35(5)15-13-34(4)14-16-36(6)18-20-37;;;;;;/h7-12,21H,4-6,13-20,22H2,1-3H3;;;;;;/q-3;;;;;;. The summed E-state index contributed by atoms with van der Waals surface area (Å²) in [6.07, 6.45) is 1.90. The first-order valence-corrected chi connectivity index (χ1v) is 13.9. The van der Waals surface area contributed by atoms with Crippen LogP contribution in [0.2, 0.25) is 0 Å². The van der Waals surface area contributed by atoms with E-state index in [-0.39, 0.29) is 207 Å². The average molecular weight is 1080 g/mol. The molecule has 1 aliphatic rings. The zero-order valence-corrected chi connectivity index (χ0v) is 44.5. The molecule has 46 heavy (non-hydrogen) atoms. The summed E-state index contributed by atoms with van der Waals surface area (Å²) in [5, 5.41) is 5.84. The molecule has 0 bridgehead atoms. The molecule has 0 amide bonds. The maximum absolute atomic E-state index is 13.3. The van der Waals surface area contributed by atoms with Crippen molar-refractivity contribution in [3.8, 4) is 5.82 Å². The average Bonchev–Trinajstić information content (AvgIpc) is 3.39. The van der Waals surface area contributed by atoms with E-state index in [1.54, 1.807) is 10.7 Å². The number of hydrogen-bond donors (Lipinski definition) is 0. The van der Waals surface area contributed by atoms with Crippen molar-refractivity contribution in [3.63, 3.8) is 0 Å². The summed E-state index contributed by atoms with van der Waals surface area (Å²) in [4.78, 5) is 26.6. The van der Waals surface area contributed by atoms with E-state index >= 15 is 0 Å². The molecule has 5 rings (SSSR count). The summed E-state index contributed by atoms with van der Waals surface area (Å²) >= 11 is 0. The molecule has 1 fully saturated rings. The van der Waals surface area contributed by atoms with Crippen LogP contribution >= 0.6 is 0 Å². The van der Waals surface area contributed by atoms with Crippen molar-refractivity contribution in [2.24, 2.45) is 0 Å². The van der Waals surface area contributed by atoms with Crippen LogP contribution < -0.4 is 5.43 Å². The summed E-state index contributed by atoms with van der Waals surface area (Å²) in [5.74, 6) is 0.604. The summed E-state index contributed by atoms with van der Waals surface area (Å²) < 4.78 is 7.83. The number of pyridine rings is 1. The SMILES string of the molecule is [CH2-]N1CCN([CH2-])CCN(Cc2ccn(-c3ccc4c(=O)c5cc(C(C)(C)C)ccc5oc4n3)n2)CCN([CH2-])CC1.[Y].[Y].[Y].[Y].[Y].[Y]. The van der Waals surface area contributed by atoms with Crippen LogP contribution in [0.3, 0.4) is 0 Å². The van der Waals surface area contributed by atoms with E-state index in [1.807, 2.05) is 36.5 Å². The second kappa shape index (κ2) is 24.0. The van der Waals surface area contributed by atoms with Gasteiger partial charge in [-0.1, -0.05) is 26.8 Å². The zero-order chi connectivity index (χ0) is 28.4. The van der Waals surface area contributed by atoms with E-state index in [1.165, 1.54) is 0 Å². The van der Waals surface area contributed by atoms with Crippen molar-refractivity contribution < 1.29 is 201 Å². The number of fused-ring (bicyclic) bond motifs is 2. The Morgan fingerprint density at radius 1 is 0.739 bits per heavy atom. The van der Waals surface area contributed by atoms with E-state index in [4.69, 9.17) is 9.52 Å². The predicted molar refractivity (Wildman–Crippen MR) is 160 cm³/mol. The van der Waals surface area contributed by atoms with Gasteiger partial charge < -0.3 is 19.1 Å². The molecule has 0 unspecified atom stereocenters. The molecule has 9 nitrogen and oxygen atoms in total. The van der Waals surface area contributed by atoms with Crippen LogP contribution in [0, 0.1) is 21.1 Å². The van der Waals surface area contributed by atoms with E-state index < -0.39 is 0 Å². The Kier molecular flexibility index (Phi) is 27.0. The van der Waals surface area contributed by atoms with Gasteiger partial charge in [-0.15, -0.1) is 0 Å². The first kappa shape index (κ1) is 51.6. The van der Waals surface area contributed by atoms with Crippen LogP contribution in [0.1, 0.15) is 32.0 Å².